The summed E-state index contributed by atoms with van der Waals surface area (Å²) in [6, 6.07) is 6.63. The minimum absolute atomic E-state index is 0.00605. The average Bonchev–Trinajstić information content (AvgIpc) is 3.94. The fraction of sp³-hybridized carbons (Fsp3) is 0.528. The van der Waals surface area contributed by atoms with Gasteiger partial charge in [0.1, 0.15) is 28.6 Å². The van der Waals surface area contributed by atoms with Gasteiger partial charge in [-0.05, 0) is 99.5 Å². The van der Waals surface area contributed by atoms with Crippen LogP contribution in [-0.2, 0) is 11.2 Å². The number of pyridine rings is 1. The lowest BCUT2D eigenvalue weighted by atomic mass is 9.94. The molecule has 7 rings (SSSR count). The van der Waals surface area contributed by atoms with Crippen LogP contribution in [0.25, 0.3) is 32.9 Å². The van der Waals surface area contributed by atoms with Crippen molar-refractivity contribution in [3.05, 3.63) is 47.7 Å². The van der Waals surface area contributed by atoms with Crippen LogP contribution in [0.2, 0.25) is 0 Å². The van der Waals surface area contributed by atoms with Gasteiger partial charge < -0.3 is 29.1 Å². The number of fused-ring (bicyclic) bond motifs is 2. The molecule has 47 heavy (non-hydrogen) atoms. The molecule has 1 N–H and O–H groups in total. The molecule has 3 heterocycles. The summed E-state index contributed by atoms with van der Waals surface area (Å²) in [4.78, 5) is 18.3. The second-order valence-corrected chi connectivity index (χ2v) is 14.3. The van der Waals surface area contributed by atoms with E-state index < -0.39 is 11.4 Å². The molecule has 9 nitrogen and oxygen atoms in total. The molecule has 0 amide bonds. The van der Waals surface area contributed by atoms with Gasteiger partial charge in [-0.1, -0.05) is 13.0 Å². The third-order valence-corrected chi connectivity index (χ3v) is 10.3. The van der Waals surface area contributed by atoms with Crippen molar-refractivity contribution in [3.63, 3.8) is 0 Å². The minimum atomic E-state index is -0.924. The molecule has 2 atom stereocenters. The number of hydrogen-bond acceptors (Lipinski definition) is 9. The lowest BCUT2D eigenvalue weighted by Crippen LogP contribution is -2.46. The summed E-state index contributed by atoms with van der Waals surface area (Å²) in [6.07, 6.45) is 6.88. The van der Waals surface area contributed by atoms with E-state index in [1.165, 1.54) is 26.0 Å². The summed E-state index contributed by atoms with van der Waals surface area (Å²) in [5, 5.41) is 12.6. The van der Waals surface area contributed by atoms with Crippen molar-refractivity contribution >= 4 is 27.5 Å². The zero-order valence-electron chi connectivity index (χ0n) is 27.8. The molecule has 1 saturated heterocycles. The molecule has 2 aromatic carbocycles. The molecule has 4 aromatic rings. The van der Waals surface area contributed by atoms with E-state index in [0.717, 1.165) is 19.4 Å². The molecule has 2 saturated carbocycles. The molecule has 1 aliphatic heterocycles. The smallest absolute Gasteiger partial charge is 0.319 e. The Hall–Kier alpha value is -3.67. The number of nitrogens with zero attached hydrogens (tertiary/aromatic N) is 5. The van der Waals surface area contributed by atoms with E-state index in [1.807, 2.05) is 11.8 Å². The van der Waals surface area contributed by atoms with Crippen LogP contribution in [0.3, 0.4) is 0 Å². The van der Waals surface area contributed by atoms with Crippen molar-refractivity contribution in [2.75, 3.05) is 59.1 Å². The van der Waals surface area contributed by atoms with Crippen LogP contribution >= 0.6 is 0 Å². The van der Waals surface area contributed by atoms with Crippen LogP contribution in [0.15, 0.2) is 30.5 Å². The summed E-state index contributed by atoms with van der Waals surface area (Å²) in [6.45, 7) is 5.98. The van der Waals surface area contributed by atoms with Crippen molar-refractivity contribution in [1.29, 1.82) is 0 Å². The number of anilines is 1. The molecular formula is C36H43F2N5O4. The van der Waals surface area contributed by atoms with Crippen LogP contribution < -0.4 is 14.4 Å². The van der Waals surface area contributed by atoms with Gasteiger partial charge in [0.15, 0.2) is 12.6 Å². The van der Waals surface area contributed by atoms with Crippen molar-refractivity contribution in [2.45, 2.75) is 58.0 Å². The van der Waals surface area contributed by atoms with E-state index in [1.54, 1.807) is 31.3 Å². The SMILES string of the molecule is CCc1c(F)ccc2cc(OCOC)cc(-c3ncc4c(N5CCC[C@@](C)(O)C5)nc(OCC5(CN(C)C)CC56CC6)nc4c3F)c12. The van der Waals surface area contributed by atoms with Gasteiger partial charge in [-0.2, -0.15) is 9.97 Å². The maximum atomic E-state index is 17.0. The van der Waals surface area contributed by atoms with E-state index in [4.69, 9.17) is 19.2 Å². The Labute approximate surface area is 273 Å². The molecule has 11 heteroatoms. The number of β-amino-alcohol motifs (C(OH)–C–C–N with tert-alkyl or cyclic N) is 1. The van der Waals surface area contributed by atoms with Gasteiger partial charge in [-0.15, -0.1) is 0 Å². The number of aliphatic hydroxyl groups is 1. The summed E-state index contributed by atoms with van der Waals surface area (Å²) in [5.74, 6) is -0.115. The van der Waals surface area contributed by atoms with Crippen molar-refractivity contribution in [3.8, 4) is 23.0 Å². The zero-order chi connectivity index (χ0) is 33.1. The Morgan fingerprint density at radius 1 is 1.09 bits per heavy atom. The number of ether oxygens (including phenoxy) is 3. The second kappa shape index (κ2) is 11.8. The fourth-order valence-electron chi connectivity index (χ4n) is 7.89. The first-order chi connectivity index (χ1) is 22.5. The normalized spacial score (nSPS) is 23.2. The Morgan fingerprint density at radius 3 is 2.57 bits per heavy atom. The van der Waals surface area contributed by atoms with E-state index >= 15 is 8.78 Å². The number of halogens is 2. The molecule has 0 bridgehead atoms. The van der Waals surface area contributed by atoms with Gasteiger partial charge in [-0.25, -0.2) is 8.78 Å². The lowest BCUT2D eigenvalue weighted by Gasteiger charge is -2.37. The highest BCUT2D eigenvalue weighted by molar-refractivity contribution is 6.01. The van der Waals surface area contributed by atoms with E-state index in [0.29, 0.717) is 76.8 Å². The molecule has 250 valence electrons. The fourth-order valence-corrected chi connectivity index (χ4v) is 7.89. The molecule has 1 unspecified atom stereocenters. The van der Waals surface area contributed by atoms with E-state index in [2.05, 4.69) is 29.0 Å². The average molecular weight is 648 g/mol. The van der Waals surface area contributed by atoms with Gasteiger partial charge in [0, 0.05) is 43.9 Å². The summed E-state index contributed by atoms with van der Waals surface area (Å²) < 4.78 is 49.4. The maximum absolute atomic E-state index is 17.0. The summed E-state index contributed by atoms with van der Waals surface area (Å²) in [7, 11) is 5.66. The first-order valence-corrected chi connectivity index (χ1v) is 16.5. The zero-order valence-corrected chi connectivity index (χ0v) is 27.8. The first-order valence-electron chi connectivity index (χ1n) is 16.5. The standard InChI is InChI=1S/C36H43F2N5O4/c1-6-24-27(37)9-8-22-14-23(47-21-45-5)15-25(28(22)24)30-29(38)31-26(16-39-30)32(43-13-7-10-34(2,44)18-43)41-33(40-31)46-20-36(19-42(3)4)17-35(36)11-12-35/h8-9,14-16,44H,6-7,10-13,17-21H2,1-5H3/t34-,36?/m1/s1. The predicted molar refractivity (Wildman–Crippen MR) is 177 cm³/mol. The number of aryl methyl sites for hydroxylation is 1. The number of benzene rings is 2. The number of aromatic nitrogens is 3. The Kier molecular flexibility index (Phi) is 8.00. The van der Waals surface area contributed by atoms with Gasteiger partial charge in [0.2, 0.25) is 0 Å². The summed E-state index contributed by atoms with van der Waals surface area (Å²) >= 11 is 0. The Morgan fingerprint density at radius 2 is 1.89 bits per heavy atom. The monoisotopic (exact) mass is 647 g/mol. The lowest BCUT2D eigenvalue weighted by molar-refractivity contribution is 0.0447. The molecule has 0 radical (unpaired) electrons. The third-order valence-electron chi connectivity index (χ3n) is 10.3. The molecule has 3 aliphatic rings. The number of methoxy groups -OCH3 is 1. The summed E-state index contributed by atoms with van der Waals surface area (Å²) in [5.41, 5.74) is 0.366. The topological polar surface area (TPSA) is 93.1 Å². The van der Waals surface area contributed by atoms with Crippen molar-refractivity contribution in [1.82, 2.24) is 19.9 Å². The highest BCUT2D eigenvalue weighted by Gasteiger charge is 2.74. The van der Waals surface area contributed by atoms with Crippen LogP contribution in [0.4, 0.5) is 14.6 Å². The van der Waals surface area contributed by atoms with Crippen LogP contribution in [0.1, 0.15) is 51.5 Å². The Bertz CT molecular complexity index is 1850. The van der Waals surface area contributed by atoms with Gasteiger partial charge in [0.25, 0.3) is 0 Å². The van der Waals surface area contributed by atoms with Gasteiger partial charge >= 0.3 is 6.01 Å². The highest BCUT2D eigenvalue weighted by Crippen LogP contribution is 2.78. The second-order valence-electron chi connectivity index (χ2n) is 14.3. The van der Waals surface area contributed by atoms with E-state index in [-0.39, 0.29) is 35.2 Å². The molecular weight excluding hydrogens is 604 g/mol. The highest BCUT2D eigenvalue weighted by atomic mass is 19.1. The predicted octanol–water partition coefficient (Wildman–Crippen LogP) is 6.13. The molecule has 2 aromatic heterocycles. The largest absolute Gasteiger partial charge is 0.468 e. The minimum Gasteiger partial charge on any atom is -0.468 e. The third kappa shape index (κ3) is 5.76. The number of hydrogen-bond donors (Lipinski definition) is 1. The van der Waals surface area contributed by atoms with Crippen LogP contribution in [-0.4, -0.2) is 84.8 Å². The molecule has 2 aliphatic carbocycles. The van der Waals surface area contributed by atoms with Crippen molar-refractivity contribution < 1.29 is 28.1 Å². The van der Waals surface area contributed by atoms with Crippen molar-refractivity contribution in [2.24, 2.45) is 10.8 Å². The maximum Gasteiger partial charge on any atom is 0.319 e. The van der Waals surface area contributed by atoms with Gasteiger partial charge in [-0.3, -0.25) is 4.98 Å². The number of rotatable bonds is 11. The van der Waals surface area contributed by atoms with Crippen LogP contribution in [0.5, 0.6) is 11.8 Å². The van der Waals surface area contributed by atoms with E-state index in [9.17, 15) is 5.11 Å². The van der Waals surface area contributed by atoms with Crippen LogP contribution in [0, 0.1) is 22.5 Å². The quantitative estimate of drug-likeness (QED) is 0.193. The molecule has 3 fully saturated rings. The molecule has 1 spiro atoms. The first kappa shape index (κ1) is 31.9. The number of piperidine rings is 1. The van der Waals surface area contributed by atoms with Gasteiger partial charge in [0.05, 0.1) is 17.6 Å². The Balaban J connectivity index is 1.38.